The van der Waals surface area contributed by atoms with Crippen LogP contribution in [0.15, 0.2) is 24.3 Å². The molecule has 0 spiro atoms. The minimum absolute atomic E-state index is 0.0133. The molecule has 0 radical (unpaired) electrons. The van der Waals surface area contributed by atoms with Crippen molar-refractivity contribution >= 4 is 9.84 Å². The van der Waals surface area contributed by atoms with Crippen LogP contribution in [0.4, 0.5) is 0 Å². The third-order valence-corrected chi connectivity index (χ3v) is 4.56. The summed E-state index contributed by atoms with van der Waals surface area (Å²) >= 11 is 0. The van der Waals surface area contributed by atoms with E-state index >= 15 is 0 Å². The molecule has 0 unspecified atom stereocenters. The molecule has 0 aromatic heterocycles. The van der Waals surface area contributed by atoms with Crippen molar-refractivity contribution in [3.05, 3.63) is 35.4 Å². The van der Waals surface area contributed by atoms with Crippen LogP contribution in [-0.2, 0) is 9.84 Å². The molecular formula is C11H15NO2S. The summed E-state index contributed by atoms with van der Waals surface area (Å²) in [5.41, 5.74) is 7.99. The Balaban J connectivity index is 2.26. The van der Waals surface area contributed by atoms with Crippen LogP contribution >= 0.6 is 0 Å². The Hall–Kier alpha value is -0.870. The standard InChI is InChI=1S/C11H15NO2S/c1-7-3-5-8(6-4-7)9-10(12)11(9)15(2,13)14/h3-6,9-11H,12H2,1-2H3/t9-,10+,11-/m1/s1. The number of sulfone groups is 1. The van der Waals surface area contributed by atoms with Crippen LogP contribution < -0.4 is 5.73 Å². The molecule has 1 saturated carbocycles. The Labute approximate surface area is 90.2 Å². The van der Waals surface area contributed by atoms with Gasteiger partial charge in [0, 0.05) is 18.2 Å². The van der Waals surface area contributed by atoms with Gasteiger partial charge in [-0.05, 0) is 12.5 Å². The van der Waals surface area contributed by atoms with E-state index in [1.807, 2.05) is 31.2 Å². The maximum atomic E-state index is 11.4. The van der Waals surface area contributed by atoms with Crippen molar-refractivity contribution in [1.29, 1.82) is 0 Å². The number of rotatable bonds is 2. The fourth-order valence-corrected chi connectivity index (χ4v) is 3.58. The first-order valence-corrected chi connectivity index (χ1v) is 6.88. The van der Waals surface area contributed by atoms with Crippen molar-refractivity contribution in [3.8, 4) is 0 Å². The molecule has 0 saturated heterocycles. The molecule has 1 aliphatic carbocycles. The smallest absolute Gasteiger partial charge is 0.152 e. The van der Waals surface area contributed by atoms with Gasteiger partial charge in [-0.15, -0.1) is 0 Å². The number of benzene rings is 1. The maximum absolute atomic E-state index is 11.4. The van der Waals surface area contributed by atoms with Gasteiger partial charge in [-0.3, -0.25) is 0 Å². The molecule has 0 aliphatic heterocycles. The monoisotopic (exact) mass is 225 g/mol. The third kappa shape index (κ3) is 1.92. The summed E-state index contributed by atoms with van der Waals surface area (Å²) in [7, 11) is -3.01. The lowest BCUT2D eigenvalue weighted by Gasteiger charge is -1.99. The minimum Gasteiger partial charge on any atom is -0.326 e. The summed E-state index contributed by atoms with van der Waals surface area (Å²) in [6.45, 7) is 2.00. The Morgan fingerprint density at radius 1 is 1.20 bits per heavy atom. The van der Waals surface area contributed by atoms with Crippen LogP contribution in [0.3, 0.4) is 0 Å². The Morgan fingerprint density at radius 3 is 2.13 bits per heavy atom. The van der Waals surface area contributed by atoms with Gasteiger partial charge in [-0.1, -0.05) is 29.8 Å². The molecule has 1 aromatic carbocycles. The van der Waals surface area contributed by atoms with Gasteiger partial charge in [-0.25, -0.2) is 8.42 Å². The van der Waals surface area contributed by atoms with Gasteiger partial charge in [0.25, 0.3) is 0 Å². The fourth-order valence-electron chi connectivity index (χ4n) is 2.06. The summed E-state index contributed by atoms with van der Waals surface area (Å²) in [4.78, 5) is 0. The van der Waals surface area contributed by atoms with Gasteiger partial charge in [-0.2, -0.15) is 0 Å². The lowest BCUT2D eigenvalue weighted by Crippen LogP contribution is -2.13. The normalized spacial score (nSPS) is 30.2. The molecule has 1 aromatic rings. The zero-order valence-corrected chi connectivity index (χ0v) is 9.66. The average molecular weight is 225 g/mol. The third-order valence-electron chi connectivity index (χ3n) is 2.96. The van der Waals surface area contributed by atoms with E-state index in [0.717, 1.165) is 5.56 Å². The molecule has 2 N–H and O–H groups in total. The van der Waals surface area contributed by atoms with Crippen molar-refractivity contribution in [1.82, 2.24) is 0 Å². The van der Waals surface area contributed by atoms with Gasteiger partial charge in [0.05, 0.1) is 5.25 Å². The van der Waals surface area contributed by atoms with E-state index < -0.39 is 9.84 Å². The second-order valence-electron chi connectivity index (χ2n) is 4.31. The molecule has 3 atom stereocenters. The molecule has 3 nitrogen and oxygen atoms in total. The molecule has 15 heavy (non-hydrogen) atoms. The van der Waals surface area contributed by atoms with E-state index in [-0.39, 0.29) is 17.2 Å². The zero-order valence-electron chi connectivity index (χ0n) is 8.84. The number of hydrogen-bond acceptors (Lipinski definition) is 3. The van der Waals surface area contributed by atoms with Crippen LogP contribution in [0.2, 0.25) is 0 Å². The maximum Gasteiger partial charge on any atom is 0.152 e. The highest BCUT2D eigenvalue weighted by Gasteiger charge is 2.54. The summed E-state index contributed by atoms with van der Waals surface area (Å²) in [6.07, 6.45) is 1.26. The highest BCUT2D eigenvalue weighted by atomic mass is 32.2. The van der Waals surface area contributed by atoms with E-state index in [4.69, 9.17) is 5.73 Å². The highest BCUT2D eigenvalue weighted by molar-refractivity contribution is 7.91. The predicted molar refractivity (Wildman–Crippen MR) is 60.5 cm³/mol. The summed E-state index contributed by atoms with van der Waals surface area (Å²) < 4.78 is 22.7. The fraction of sp³-hybridized carbons (Fsp3) is 0.455. The van der Waals surface area contributed by atoms with Crippen LogP contribution in [0.5, 0.6) is 0 Å². The molecule has 82 valence electrons. The Bertz CT molecular complexity index is 464. The zero-order chi connectivity index (χ0) is 11.2. The van der Waals surface area contributed by atoms with Crippen LogP contribution in [0, 0.1) is 6.92 Å². The highest BCUT2D eigenvalue weighted by Crippen LogP contribution is 2.44. The van der Waals surface area contributed by atoms with Crippen LogP contribution in [-0.4, -0.2) is 26.0 Å². The second kappa shape index (κ2) is 3.32. The van der Waals surface area contributed by atoms with Crippen molar-refractivity contribution in [2.24, 2.45) is 5.73 Å². The van der Waals surface area contributed by atoms with Gasteiger partial charge in [0.2, 0.25) is 0 Å². The van der Waals surface area contributed by atoms with E-state index in [0.29, 0.717) is 0 Å². The summed E-state index contributed by atoms with van der Waals surface area (Å²) in [5, 5.41) is -0.389. The Morgan fingerprint density at radius 2 is 1.73 bits per heavy atom. The van der Waals surface area contributed by atoms with Crippen molar-refractivity contribution in [3.63, 3.8) is 0 Å². The molecule has 0 heterocycles. The first-order valence-electron chi connectivity index (χ1n) is 4.92. The van der Waals surface area contributed by atoms with Gasteiger partial charge >= 0.3 is 0 Å². The largest absolute Gasteiger partial charge is 0.326 e. The van der Waals surface area contributed by atoms with E-state index in [9.17, 15) is 8.42 Å². The van der Waals surface area contributed by atoms with E-state index in [1.165, 1.54) is 11.8 Å². The SMILES string of the molecule is Cc1ccc([C@@H]2[C@H](N)[C@@H]2S(C)(=O)=O)cc1. The van der Waals surface area contributed by atoms with Crippen molar-refractivity contribution < 1.29 is 8.42 Å². The lowest BCUT2D eigenvalue weighted by atomic mass is 10.1. The Kier molecular flexibility index (Phi) is 2.35. The van der Waals surface area contributed by atoms with Gasteiger partial charge in [0.15, 0.2) is 9.84 Å². The minimum atomic E-state index is -3.01. The number of hydrogen-bond donors (Lipinski definition) is 1. The van der Waals surface area contributed by atoms with Gasteiger partial charge in [0.1, 0.15) is 0 Å². The van der Waals surface area contributed by atoms with Crippen molar-refractivity contribution in [2.45, 2.75) is 24.1 Å². The topological polar surface area (TPSA) is 60.2 Å². The molecule has 0 amide bonds. The van der Waals surface area contributed by atoms with E-state index in [2.05, 4.69) is 0 Å². The summed E-state index contributed by atoms with van der Waals surface area (Å²) in [6, 6.07) is 7.66. The van der Waals surface area contributed by atoms with Crippen LogP contribution in [0.25, 0.3) is 0 Å². The molecule has 2 rings (SSSR count). The van der Waals surface area contributed by atoms with Crippen molar-refractivity contribution in [2.75, 3.05) is 6.26 Å². The average Bonchev–Trinajstić information content (AvgIpc) is 2.78. The van der Waals surface area contributed by atoms with Crippen LogP contribution in [0.1, 0.15) is 17.0 Å². The molecule has 4 heteroatoms. The lowest BCUT2D eigenvalue weighted by molar-refractivity contribution is 0.599. The second-order valence-corrected chi connectivity index (χ2v) is 6.51. The number of aryl methyl sites for hydroxylation is 1. The first-order chi connectivity index (χ1) is 6.91. The number of nitrogens with two attached hydrogens (primary N) is 1. The van der Waals surface area contributed by atoms with E-state index in [1.54, 1.807) is 0 Å². The predicted octanol–water partition coefficient (Wildman–Crippen LogP) is 0.833. The van der Waals surface area contributed by atoms with Gasteiger partial charge < -0.3 is 5.73 Å². The summed E-state index contributed by atoms with van der Waals surface area (Å²) in [5.74, 6) is -0.0133. The molecule has 1 fully saturated rings. The molecular weight excluding hydrogens is 210 g/mol. The molecule has 1 aliphatic rings. The first kappa shape index (κ1) is 10.6. The quantitative estimate of drug-likeness (QED) is 0.811. The molecule has 0 bridgehead atoms.